The molecule has 9 heteroatoms. The van der Waals surface area contributed by atoms with E-state index in [0.717, 1.165) is 106 Å². The van der Waals surface area contributed by atoms with Gasteiger partial charge in [0, 0.05) is 76.3 Å². The van der Waals surface area contributed by atoms with Crippen molar-refractivity contribution in [2.45, 2.75) is 63.7 Å². The van der Waals surface area contributed by atoms with Crippen LogP contribution in [-0.2, 0) is 14.9 Å². The lowest BCUT2D eigenvalue weighted by Gasteiger charge is -2.37. The van der Waals surface area contributed by atoms with Crippen LogP contribution in [0.2, 0.25) is 0 Å². The van der Waals surface area contributed by atoms with Crippen LogP contribution in [-0.4, -0.2) is 104 Å². The Morgan fingerprint density at radius 2 is 1.79 bits per heavy atom. The van der Waals surface area contributed by atoms with E-state index in [2.05, 4.69) is 47.2 Å². The summed E-state index contributed by atoms with van der Waals surface area (Å²) in [4.78, 5) is 29.5. The molecule has 2 fully saturated rings. The van der Waals surface area contributed by atoms with Crippen molar-refractivity contribution in [3.05, 3.63) is 41.3 Å². The van der Waals surface area contributed by atoms with Gasteiger partial charge in [0.25, 0.3) is 0 Å². The molecule has 1 aromatic carbocycles. The van der Waals surface area contributed by atoms with Gasteiger partial charge in [-0.25, -0.2) is 9.97 Å². The van der Waals surface area contributed by atoms with Crippen LogP contribution in [0.15, 0.2) is 30.0 Å². The summed E-state index contributed by atoms with van der Waals surface area (Å²) in [5, 5.41) is 15.4. The van der Waals surface area contributed by atoms with Crippen LogP contribution in [0.1, 0.15) is 69.5 Å². The first kappa shape index (κ1) is 30.7. The van der Waals surface area contributed by atoms with Crippen LogP contribution in [0.4, 0.5) is 5.95 Å². The molecular weight excluding hydrogens is 528 g/mol. The standard InChI is InChI=1S/C33H50N6O3/c1-5-11-33(23-40,12-6-2)31-26-19-25(27-22-37(3)30(41)20-29(27)42-4)7-8-28(26)35-32(36-31)39-15-9-24(10-16-39)21-38-17-13-34-14-18-38/h7-8,19-20,24,27,34,40H,5-6,9-18,21-23H2,1-4H3. The van der Waals surface area contributed by atoms with Gasteiger partial charge in [0.1, 0.15) is 5.76 Å². The number of nitrogens with one attached hydrogen (secondary N) is 1. The number of likely N-dealkylation sites (N-methyl/N-ethyl adjacent to an activating group) is 1. The second kappa shape index (κ2) is 13.7. The maximum atomic E-state index is 12.3. The Bertz CT molecular complexity index is 1250. The van der Waals surface area contributed by atoms with E-state index in [4.69, 9.17) is 14.7 Å². The van der Waals surface area contributed by atoms with Crippen molar-refractivity contribution >= 4 is 22.8 Å². The van der Waals surface area contributed by atoms with Crippen molar-refractivity contribution in [2.24, 2.45) is 5.92 Å². The van der Waals surface area contributed by atoms with Crippen LogP contribution in [0.25, 0.3) is 10.9 Å². The van der Waals surface area contributed by atoms with E-state index in [1.807, 2.05) is 7.05 Å². The number of rotatable bonds is 11. The molecule has 0 spiro atoms. The number of carbonyl (C=O) groups excluding carboxylic acids is 1. The first-order valence-electron chi connectivity index (χ1n) is 16.0. The highest BCUT2D eigenvalue weighted by Crippen LogP contribution is 2.40. The Labute approximate surface area is 251 Å². The molecular formula is C33H50N6O3. The molecule has 2 saturated heterocycles. The summed E-state index contributed by atoms with van der Waals surface area (Å²) < 4.78 is 5.67. The summed E-state index contributed by atoms with van der Waals surface area (Å²) in [6.45, 7) is 12.5. The summed E-state index contributed by atoms with van der Waals surface area (Å²) in [5.74, 6) is 2.07. The first-order chi connectivity index (χ1) is 20.4. The molecule has 42 heavy (non-hydrogen) atoms. The van der Waals surface area contributed by atoms with Gasteiger partial charge < -0.3 is 29.9 Å². The highest BCUT2D eigenvalue weighted by molar-refractivity contribution is 5.89. The maximum absolute atomic E-state index is 12.3. The number of methoxy groups -OCH3 is 1. The quantitative estimate of drug-likeness (QED) is 0.417. The third kappa shape index (κ3) is 6.43. The smallest absolute Gasteiger partial charge is 0.249 e. The summed E-state index contributed by atoms with van der Waals surface area (Å²) in [5.41, 5.74) is 2.51. The van der Waals surface area contributed by atoms with Gasteiger partial charge in [-0.2, -0.15) is 0 Å². The zero-order chi connectivity index (χ0) is 29.7. The lowest BCUT2D eigenvalue weighted by Crippen LogP contribution is -2.47. The van der Waals surface area contributed by atoms with Crippen LogP contribution in [0, 0.1) is 5.92 Å². The summed E-state index contributed by atoms with van der Waals surface area (Å²) in [7, 11) is 3.46. The van der Waals surface area contributed by atoms with Gasteiger partial charge >= 0.3 is 0 Å². The lowest BCUT2D eigenvalue weighted by molar-refractivity contribution is -0.126. The van der Waals surface area contributed by atoms with Crippen LogP contribution in [0.3, 0.4) is 0 Å². The minimum atomic E-state index is -0.433. The van der Waals surface area contributed by atoms with Gasteiger partial charge in [-0.15, -0.1) is 0 Å². The number of piperidine rings is 1. The zero-order valence-electron chi connectivity index (χ0n) is 26.1. The Hall–Kier alpha value is -2.75. The molecule has 9 nitrogen and oxygen atoms in total. The second-order valence-corrected chi connectivity index (χ2v) is 12.6. The van der Waals surface area contributed by atoms with E-state index in [1.54, 1.807) is 18.1 Å². The van der Waals surface area contributed by atoms with Crippen molar-refractivity contribution < 1.29 is 14.6 Å². The zero-order valence-corrected chi connectivity index (χ0v) is 26.1. The largest absolute Gasteiger partial charge is 0.500 e. The number of aliphatic hydroxyl groups is 1. The number of aromatic nitrogens is 2. The second-order valence-electron chi connectivity index (χ2n) is 12.6. The van der Waals surface area contributed by atoms with Gasteiger partial charge in [-0.3, -0.25) is 4.79 Å². The molecule has 1 amide bonds. The molecule has 0 saturated carbocycles. The average molecular weight is 579 g/mol. The molecule has 3 aliphatic heterocycles. The van der Waals surface area contributed by atoms with Gasteiger partial charge in [-0.05, 0) is 49.3 Å². The number of ether oxygens (including phenoxy) is 1. The number of nitrogens with zero attached hydrogens (tertiary/aromatic N) is 5. The third-order valence-electron chi connectivity index (χ3n) is 9.67. The van der Waals surface area contributed by atoms with Crippen LogP contribution < -0.4 is 10.2 Å². The minimum Gasteiger partial charge on any atom is -0.500 e. The lowest BCUT2D eigenvalue weighted by atomic mass is 9.75. The summed E-state index contributed by atoms with van der Waals surface area (Å²) in [6, 6.07) is 6.40. The number of amides is 1. The highest BCUT2D eigenvalue weighted by Gasteiger charge is 2.36. The molecule has 3 aliphatic rings. The normalized spacial score (nSPS) is 21.2. The van der Waals surface area contributed by atoms with Crippen molar-refractivity contribution in [3.63, 3.8) is 0 Å². The predicted octanol–water partition coefficient (Wildman–Crippen LogP) is 3.67. The molecule has 1 aromatic heterocycles. The molecule has 230 valence electrons. The predicted molar refractivity (Wildman–Crippen MR) is 168 cm³/mol. The van der Waals surface area contributed by atoms with E-state index < -0.39 is 5.41 Å². The van der Waals surface area contributed by atoms with Crippen LogP contribution in [0.5, 0.6) is 0 Å². The van der Waals surface area contributed by atoms with Crippen molar-refractivity contribution in [2.75, 3.05) is 78.0 Å². The van der Waals surface area contributed by atoms with E-state index in [0.29, 0.717) is 18.2 Å². The molecule has 0 radical (unpaired) electrons. The Morgan fingerprint density at radius 3 is 2.43 bits per heavy atom. The summed E-state index contributed by atoms with van der Waals surface area (Å²) in [6.07, 6.45) is 7.54. The molecule has 4 heterocycles. The number of fused-ring (bicyclic) bond motifs is 1. The van der Waals surface area contributed by atoms with Gasteiger partial charge in [0.05, 0.1) is 30.8 Å². The highest BCUT2D eigenvalue weighted by atomic mass is 16.5. The number of aliphatic hydroxyl groups excluding tert-OH is 1. The minimum absolute atomic E-state index is 0.0422. The molecule has 1 unspecified atom stereocenters. The molecule has 0 bridgehead atoms. The molecule has 2 aromatic rings. The number of piperazine rings is 1. The fraction of sp³-hybridized carbons (Fsp3) is 0.667. The fourth-order valence-corrected chi connectivity index (χ4v) is 7.28. The SMILES string of the molecule is CCCC(CO)(CCC)c1nc(N2CCC(CN3CCNCC3)CC2)nc2ccc(C3CN(C)C(=O)C=C3OC)cc12. The molecule has 5 rings (SSSR count). The van der Waals surface area contributed by atoms with Gasteiger partial charge in [0.2, 0.25) is 11.9 Å². The maximum Gasteiger partial charge on any atom is 0.249 e. The van der Waals surface area contributed by atoms with E-state index in [9.17, 15) is 9.90 Å². The Balaban J connectivity index is 1.50. The summed E-state index contributed by atoms with van der Waals surface area (Å²) >= 11 is 0. The number of hydrogen-bond acceptors (Lipinski definition) is 8. The Kier molecular flexibility index (Phi) is 10.0. The number of benzene rings is 1. The van der Waals surface area contributed by atoms with Crippen molar-refractivity contribution in [1.29, 1.82) is 0 Å². The number of hydrogen-bond donors (Lipinski definition) is 2. The topological polar surface area (TPSA) is 94.1 Å². The van der Waals surface area contributed by atoms with Gasteiger partial charge in [-0.1, -0.05) is 32.8 Å². The molecule has 1 atom stereocenters. The molecule has 0 aliphatic carbocycles. The van der Waals surface area contributed by atoms with Crippen LogP contribution >= 0.6 is 0 Å². The van der Waals surface area contributed by atoms with Crippen molar-refractivity contribution in [1.82, 2.24) is 25.1 Å². The Morgan fingerprint density at radius 1 is 1.07 bits per heavy atom. The monoisotopic (exact) mass is 578 g/mol. The number of carbonyl (C=O) groups is 1. The van der Waals surface area contributed by atoms with E-state index in [1.165, 1.54) is 6.54 Å². The average Bonchev–Trinajstić information content (AvgIpc) is 3.02. The van der Waals surface area contributed by atoms with Gasteiger partial charge in [0.15, 0.2) is 0 Å². The first-order valence-corrected chi connectivity index (χ1v) is 16.0. The fourth-order valence-electron chi connectivity index (χ4n) is 7.28. The third-order valence-corrected chi connectivity index (χ3v) is 9.67. The molecule has 2 N–H and O–H groups in total. The van der Waals surface area contributed by atoms with E-state index >= 15 is 0 Å². The number of anilines is 1. The van der Waals surface area contributed by atoms with E-state index in [-0.39, 0.29) is 18.4 Å². The van der Waals surface area contributed by atoms with Crippen molar-refractivity contribution in [3.8, 4) is 0 Å².